The van der Waals surface area contributed by atoms with E-state index in [1.807, 2.05) is 0 Å². The predicted molar refractivity (Wildman–Crippen MR) is 155 cm³/mol. The Morgan fingerprint density at radius 2 is 1.81 bits per heavy atom. The minimum atomic E-state index is 0.342. The van der Waals surface area contributed by atoms with Crippen molar-refractivity contribution in [3.05, 3.63) is 136 Å². The van der Waals surface area contributed by atoms with Gasteiger partial charge in [-0.25, -0.2) is 0 Å². The van der Waals surface area contributed by atoms with Gasteiger partial charge in [0.15, 0.2) is 0 Å². The Morgan fingerprint density at radius 3 is 2.61 bits per heavy atom. The second-order valence-electron chi connectivity index (χ2n) is 11.0. The smallest absolute Gasteiger partial charge is 0.0175 e. The molecule has 6 rings (SSSR count). The Bertz CT molecular complexity index is 1520. The maximum atomic E-state index is 4.50. The predicted octanol–water partition coefficient (Wildman–Crippen LogP) is 9.54. The molecule has 0 bridgehead atoms. The summed E-state index contributed by atoms with van der Waals surface area (Å²) in [4.78, 5) is 0. The molecule has 36 heavy (non-hydrogen) atoms. The van der Waals surface area contributed by atoms with Gasteiger partial charge < -0.3 is 0 Å². The van der Waals surface area contributed by atoms with E-state index in [0.717, 1.165) is 19.3 Å². The molecule has 0 nitrogen and oxygen atoms in total. The van der Waals surface area contributed by atoms with Crippen LogP contribution in [0.4, 0.5) is 0 Å². The van der Waals surface area contributed by atoms with Crippen molar-refractivity contribution < 1.29 is 0 Å². The van der Waals surface area contributed by atoms with Crippen molar-refractivity contribution in [1.29, 1.82) is 0 Å². The first-order valence-electron chi connectivity index (χ1n) is 13.5. The molecule has 0 heterocycles. The Balaban J connectivity index is 1.51. The van der Waals surface area contributed by atoms with E-state index in [0.29, 0.717) is 17.8 Å². The number of fused-ring (bicyclic) bond motifs is 3. The first kappa shape index (κ1) is 23.0. The summed E-state index contributed by atoms with van der Waals surface area (Å²) in [6, 6.07) is 22.5. The van der Waals surface area contributed by atoms with Crippen LogP contribution in [0, 0.1) is 11.8 Å². The van der Waals surface area contributed by atoms with Crippen molar-refractivity contribution in [2.75, 3.05) is 0 Å². The van der Waals surface area contributed by atoms with Crippen LogP contribution in [-0.2, 0) is 12.8 Å². The van der Waals surface area contributed by atoms with Crippen molar-refractivity contribution >= 4 is 16.3 Å². The highest BCUT2D eigenvalue weighted by Gasteiger charge is 2.43. The highest BCUT2D eigenvalue weighted by atomic mass is 14.5. The molecule has 0 N–H and O–H groups in total. The van der Waals surface area contributed by atoms with Gasteiger partial charge in [-0.15, -0.1) is 0 Å². The summed E-state index contributed by atoms with van der Waals surface area (Å²) in [7, 11) is 0. The molecule has 0 radical (unpaired) electrons. The number of hydrogen-bond acceptors (Lipinski definition) is 0. The number of hydrogen-bond donors (Lipinski definition) is 0. The van der Waals surface area contributed by atoms with Crippen molar-refractivity contribution in [1.82, 2.24) is 0 Å². The Kier molecular flexibility index (Phi) is 5.72. The largest absolute Gasteiger partial charge is 0.0958 e. The number of aryl methyl sites for hydroxylation is 1. The summed E-state index contributed by atoms with van der Waals surface area (Å²) >= 11 is 0. The third-order valence-corrected chi connectivity index (χ3v) is 8.88. The van der Waals surface area contributed by atoms with Crippen molar-refractivity contribution in [3.8, 4) is 0 Å². The topological polar surface area (TPSA) is 0 Å². The van der Waals surface area contributed by atoms with Crippen LogP contribution in [0.1, 0.15) is 62.3 Å². The molecule has 3 aromatic rings. The van der Waals surface area contributed by atoms with Gasteiger partial charge in [0.1, 0.15) is 0 Å². The van der Waals surface area contributed by atoms with Gasteiger partial charge in [0.05, 0.1) is 0 Å². The van der Waals surface area contributed by atoms with Gasteiger partial charge in [-0.05, 0) is 94.7 Å². The van der Waals surface area contributed by atoms with Crippen molar-refractivity contribution in [2.24, 2.45) is 11.8 Å². The van der Waals surface area contributed by atoms with Gasteiger partial charge in [-0.3, -0.25) is 0 Å². The van der Waals surface area contributed by atoms with Crippen LogP contribution in [-0.4, -0.2) is 0 Å². The SMILES string of the molecule is C=C(C)C1=C(C)C=C2CC(=CC3=CCc4ccccc43)C(C)C2C1c1c(CC)ccc2ccccc12. The van der Waals surface area contributed by atoms with E-state index in [-0.39, 0.29) is 0 Å². The normalized spacial score (nSPS) is 24.1. The van der Waals surface area contributed by atoms with E-state index in [1.54, 1.807) is 11.1 Å². The lowest BCUT2D eigenvalue weighted by Crippen LogP contribution is -2.25. The van der Waals surface area contributed by atoms with Gasteiger partial charge in [0.2, 0.25) is 0 Å². The highest BCUT2D eigenvalue weighted by Crippen LogP contribution is 2.56. The van der Waals surface area contributed by atoms with Gasteiger partial charge in [-0.2, -0.15) is 0 Å². The molecule has 3 atom stereocenters. The summed E-state index contributed by atoms with van der Waals surface area (Å²) in [5.41, 5.74) is 14.5. The fraction of sp³-hybridized carbons (Fsp3) is 0.278. The third kappa shape index (κ3) is 3.58. The number of rotatable bonds is 4. The summed E-state index contributed by atoms with van der Waals surface area (Å²) in [6.45, 7) is 13.8. The molecule has 3 unspecified atom stereocenters. The molecule has 3 aromatic carbocycles. The fourth-order valence-corrected chi connectivity index (χ4v) is 7.27. The average Bonchev–Trinajstić information content (AvgIpc) is 3.43. The van der Waals surface area contributed by atoms with Crippen molar-refractivity contribution in [3.63, 3.8) is 0 Å². The number of benzene rings is 3. The summed E-state index contributed by atoms with van der Waals surface area (Å²) in [5.74, 6) is 1.30. The van der Waals surface area contributed by atoms with Crippen LogP contribution in [0.25, 0.3) is 16.3 Å². The van der Waals surface area contributed by atoms with Crippen LogP contribution < -0.4 is 0 Å². The van der Waals surface area contributed by atoms with Crippen molar-refractivity contribution in [2.45, 2.75) is 52.9 Å². The van der Waals surface area contributed by atoms with Gasteiger partial charge in [-0.1, -0.05) is 116 Å². The van der Waals surface area contributed by atoms with Gasteiger partial charge >= 0.3 is 0 Å². The number of allylic oxidation sites excluding steroid dienone is 9. The molecular formula is C36H36. The molecule has 0 spiro atoms. The third-order valence-electron chi connectivity index (χ3n) is 8.88. The average molecular weight is 469 g/mol. The minimum absolute atomic E-state index is 0.342. The van der Waals surface area contributed by atoms with E-state index in [9.17, 15) is 0 Å². The van der Waals surface area contributed by atoms with Crippen LogP contribution in [0.3, 0.4) is 0 Å². The molecule has 0 aromatic heterocycles. The molecule has 1 saturated carbocycles. The van der Waals surface area contributed by atoms with Gasteiger partial charge in [0, 0.05) is 5.92 Å². The first-order chi connectivity index (χ1) is 17.5. The van der Waals surface area contributed by atoms with E-state index >= 15 is 0 Å². The molecular weight excluding hydrogens is 432 g/mol. The Hall–Kier alpha value is -3.38. The molecule has 180 valence electrons. The lowest BCUT2D eigenvalue weighted by atomic mass is 9.66. The summed E-state index contributed by atoms with van der Waals surface area (Å²) < 4.78 is 0. The van der Waals surface area contributed by atoms with Crippen LogP contribution in [0.5, 0.6) is 0 Å². The lowest BCUT2D eigenvalue weighted by molar-refractivity contribution is 0.449. The molecule has 0 heteroatoms. The molecule has 0 saturated heterocycles. The Labute approximate surface area is 216 Å². The van der Waals surface area contributed by atoms with Crippen LogP contribution in [0.15, 0.2) is 113 Å². The monoisotopic (exact) mass is 468 g/mol. The summed E-state index contributed by atoms with van der Waals surface area (Å²) in [6.07, 6.45) is 10.6. The van der Waals surface area contributed by atoms with E-state index in [4.69, 9.17) is 0 Å². The van der Waals surface area contributed by atoms with E-state index in [2.05, 4.69) is 113 Å². The standard InChI is InChI=1S/C36H36/c1-6-25-15-16-27-12-8-10-14-32(27)35(25)36-33(22(2)3)23(4)19-30-21-29(24(5)34(30)36)20-28-18-17-26-11-7-9-13-31(26)28/h7-16,18-20,24,34,36H,2,6,17,21H2,1,3-5H3. The Morgan fingerprint density at radius 1 is 1.03 bits per heavy atom. The summed E-state index contributed by atoms with van der Waals surface area (Å²) in [5, 5.41) is 2.75. The quantitative estimate of drug-likeness (QED) is 0.357. The zero-order valence-electron chi connectivity index (χ0n) is 22.1. The zero-order valence-corrected chi connectivity index (χ0v) is 22.1. The molecule has 0 amide bonds. The molecule has 0 aliphatic heterocycles. The van der Waals surface area contributed by atoms with E-state index in [1.165, 1.54) is 55.3 Å². The zero-order chi connectivity index (χ0) is 25.0. The second kappa shape index (κ2) is 8.93. The minimum Gasteiger partial charge on any atom is -0.0958 e. The maximum absolute atomic E-state index is 4.50. The molecule has 3 aliphatic carbocycles. The lowest BCUT2D eigenvalue weighted by Gasteiger charge is -2.37. The van der Waals surface area contributed by atoms with E-state index < -0.39 is 0 Å². The van der Waals surface area contributed by atoms with Crippen LogP contribution >= 0.6 is 0 Å². The van der Waals surface area contributed by atoms with Gasteiger partial charge in [0.25, 0.3) is 0 Å². The van der Waals surface area contributed by atoms with Crippen LogP contribution in [0.2, 0.25) is 0 Å². The molecule has 3 aliphatic rings. The maximum Gasteiger partial charge on any atom is 0.0175 e. The second-order valence-corrected chi connectivity index (χ2v) is 11.0. The fourth-order valence-electron chi connectivity index (χ4n) is 7.27. The first-order valence-corrected chi connectivity index (χ1v) is 13.5. The highest BCUT2D eigenvalue weighted by molar-refractivity contribution is 5.88. The molecule has 1 fully saturated rings.